The number of amides is 1. The highest BCUT2D eigenvalue weighted by Gasteiger charge is 2.30. The Morgan fingerprint density at radius 1 is 1.20 bits per heavy atom. The van der Waals surface area contributed by atoms with E-state index >= 15 is 0 Å². The molecule has 2 N–H and O–H groups in total. The van der Waals surface area contributed by atoms with Crippen molar-refractivity contribution in [2.75, 3.05) is 12.4 Å². The predicted molar refractivity (Wildman–Crippen MR) is 99.5 cm³/mol. The Morgan fingerprint density at radius 2 is 2.00 bits per heavy atom. The second kappa shape index (κ2) is 6.26. The molecule has 2 aromatic carbocycles. The second-order valence-electron chi connectivity index (χ2n) is 5.99. The number of carbonyl (C=O) groups excluding carboxylic acids is 1. The molecule has 2 heterocycles. The van der Waals surface area contributed by atoms with Gasteiger partial charge in [0.05, 0.1) is 12.8 Å². The molecule has 5 heteroatoms. The third-order valence-electron chi connectivity index (χ3n) is 4.48. The summed E-state index contributed by atoms with van der Waals surface area (Å²) in [6, 6.07) is 15.4. The molecule has 0 fully saturated rings. The van der Waals surface area contributed by atoms with E-state index in [0.717, 1.165) is 27.3 Å². The van der Waals surface area contributed by atoms with Gasteiger partial charge in [-0.1, -0.05) is 36.4 Å². The van der Waals surface area contributed by atoms with Gasteiger partial charge in [-0.3, -0.25) is 4.79 Å². The molecular formula is C20H17NO3S. The van der Waals surface area contributed by atoms with Gasteiger partial charge in [0.1, 0.15) is 0 Å². The van der Waals surface area contributed by atoms with Crippen LogP contribution in [0, 0.1) is 0 Å². The number of hydrogen-bond acceptors (Lipinski definition) is 4. The summed E-state index contributed by atoms with van der Waals surface area (Å²) in [7, 11) is 1.52. The number of methoxy groups -OCH3 is 1. The number of nitrogens with one attached hydrogen (secondary N) is 1. The average molecular weight is 351 g/mol. The van der Waals surface area contributed by atoms with Crippen LogP contribution in [0.25, 0.3) is 11.1 Å². The topological polar surface area (TPSA) is 58.6 Å². The largest absolute Gasteiger partial charge is 0.504 e. The molecule has 25 heavy (non-hydrogen) atoms. The highest BCUT2D eigenvalue weighted by Crippen LogP contribution is 2.47. The maximum atomic E-state index is 12.3. The van der Waals surface area contributed by atoms with Gasteiger partial charge in [0.15, 0.2) is 11.5 Å². The summed E-state index contributed by atoms with van der Waals surface area (Å²) < 4.78 is 5.11. The Bertz CT molecular complexity index is 933. The second-order valence-corrected chi connectivity index (χ2v) is 6.90. The number of rotatable bonds is 3. The maximum Gasteiger partial charge on any atom is 0.225 e. The zero-order chi connectivity index (χ0) is 17.4. The van der Waals surface area contributed by atoms with E-state index in [1.54, 1.807) is 23.5 Å². The summed E-state index contributed by atoms with van der Waals surface area (Å²) in [4.78, 5) is 13.4. The van der Waals surface area contributed by atoms with Gasteiger partial charge in [0, 0.05) is 28.2 Å². The molecule has 1 atom stereocenters. The standard InChI is InChI=1S/C20H17NO3S/c1-24-17-8-7-13(9-16(17)22)14-10-18(23)21-19-15(11-25-20(14)19)12-5-3-2-4-6-12/h2-9,11,14,22H,10H2,1H3,(H,21,23)/t14-/m0/s1. The van der Waals surface area contributed by atoms with Gasteiger partial charge in [0.2, 0.25) is 5.91 Å². The van der Waals surface area contributed by atoms with Crippen molar-refractivity contribution < 1.29 is 14.6 Å². The van der Waals surface area contributed by atoms with Gasteiger partial charge >= 0.3 is 0 Å². The Labute approximate surface area is 149 Å². The first-order valence-electron chi connectivity index (χ1n) is 8.01. The van der Waals surface area contributed by atoms with Gasteiger partial charge in [-0.25, -0.2) is 0 Å². The fourth-order valence-corrected chi connectivity index (χ4v) is 4.41. The van der Waals surface area contributed by atoms with Gasteiger partial charge in [0.25, 0.3) is 0 Å². The summed E-state index contributed by atoms with van der Waals surface area (Å²) in [6.07, 6.45) is 0.369. The first kappa shape index (κ1) is 15.7. The molecule has 0 saturated carbocycles. The van der Waals surface area contributed by atoms with Crippen LogP contribution in [0.4, 0.5) is 5.69 Å². The molecule has 0 saturated heterocycles. The number of aromatic hydroxyl groups is 1. The minimum Gasteiger partial charge on any atom is -0.504 e. The van der Waals surface area contributed by atoms with Crippen LogP contribution in [0.3, 0.4) is 0 Å². The molecule has 4 rings (SSSR count). The molecule has 1 aliphatic heterocycles. The molecule has 0 bridgehead atoms. The minimum atomic E-state index is -0.0666. The SMILES string of the molecule is COc1ccc([C@@H]2CC(=O)Nc3c(-c4ccccc4)csc32)cc1O. The molecule has 126 valence electrons. The fraction of sp³-hybridized carbons (Fsp3) is 0.150. The number of benzene rings is 2. The van der Waals surface area contributed by atoms with E-state index < -0.39 is 0 Å². The number of carbonyl (C=O) groups is 1. The molecule has 0 spiro atoms. The predicted octanol–water partition coefficient (Wildman–Crippen LogP) is 4.60. The monoisotopic (exact) mass is 351 g/mol. The highest BCUT2D eigenvalue weighted by atomic mass is 32.1. The number of thiophene rings is 1. The third-order valence-corrected chi connectivity index (χ3v) is 5.58. The van der Waals surface area contributed by atoms with E-state index in [9.17, 15) is 9.90 Å². The molecule has 0 radical (unpaired) electrons. The van der Waals surface area contributed by atoms with Crippen LogP contribution in [0.15, 0.2) is 53.9 Å². The lowest BCUT2D eigenvalue weighted by molar-refractivity contribution is -0.116. The van der Waals surface area contributed by atoms with Crippen LogP contribution in [-0.4, -0.2) is 18.1 Å². The molecule has 1 amide bonds. The Morgan fingerprint density at radius 3 is 2.72 bits per heavy atom. The summed E-state index contributed by atoms with van der Waals surface area (Å²) in [5, 5.41) is 15.2. The van der Waals surface area contributed by atoms with Crippen molar-refractivity contribution in [1.82, 2.24) is 0 Å². The van der Waals surface area contributed by atoms with Crippen LogP contribution in [0.2, 0.25) is 0 Å². The number of fused-ring (bicyclic) bond motifs is 1. The van der Waals surface area contributed by atoms with Crippen molar-refractivity contribution in [3.05, 3.63) is 64.4 Å². The minimum absolute atomic E-state index is 0.0108. The van der Waals surface area contributed by atoms with Crippen LogP contribution >= 0.6 is 11.3 Å². The zero-order valence-corrected chi connectivity index (χ0v) is 14.5. The lowest BCUT2D eigenvalue weighted by Crippen LogP contribution is -2.22. The van der Waals surface area contributed by atoms with Crippen molar-refractivity contribution in [3.63, 3.8) is 0 Å². The van der Waals surface area contributed by atoms with E-state index in [-0.39, 0.29) is 17.6 Å². The number of phenols is 1. The van der Waals surface area contributed by atoms with Crippen molar-refractivity contribution in [2.45, 2.75) is 12.3 Å². The van der Waals surface area contributed by atoms with E-state index in [2.05, 4.69) is 10.7 Å². The van der Waals surface area contributed by atoms with E-state index in [0.29, 0.717) is 12.2 Å². The van der Waals surface area contributed by atoms with Gasteiger partial charge in [-0.2, -0.15) is 0 Å². The number of ether oxygens (including phenoxy) is 1. The van der Waals surface area contributed by atoms with Crippen molar-refractivity contribution in [2.24, 2.45) is 0 Å². The lowest BCUT2D eigenvalue weighted by Gasteiger charge is -2.24. The van der Waals surface area contributed by atoms with Crippen molar-refractivity contribution >= 4 is 22.9 Å². The van der Waals surface area contributed by atoms with Gasteiger partial charge in [-0.05, 0) is 23.3 Å². The summed E-state index contributed by atoms with van der Waals surface area (Å²) in [6.45, 7) is 0. The molecule has 0 aliphatic carbocycles. The highest BCUT2D eigenvalue weighted by molar-refractivity contribution is 7.11. The van der Waals surface area contributed by atoms with Crippen molar-refractivity contribution in [3.8, 4) is 22.6 Å². The lowest BCUT2D eigenvalue weighted by atomic mass is 9.89. The third kappa shape index (κ3) is 2.76. The van der Waals surface area contributed by atoms with Crippen molar-refractivity contribution in [1.29, 1.82) is 0 Å². The van der Waals surface area contributed by atoms with Crippen LogP contribution in [0.5, 0.6) is 11.5 Å². The fourth-order valence-electron chi connectivity index (χ4n) is 3.25. The smallest absolute Gasteiger partial charge is 0.225 e. The summed E-state index contributed by atoms with van der Waals surface area (Å²) in [5.74, 6) is 0.444. The molecule has 3 aromatic rings. The van der Waals surface area contributed by atoms with E-state index in [4.69, 9.17) is 4.74 Å². The quantitative estimate of drug-likeness (QED) is 0.725. The number of phenolic OH excluding ortho intramolecular Hbond substituents is 1. The number of anilines is 1. The first-order valence-corrected chi connectivity index (χ1v) is 8.89. The molecule has 1 aliphatic rings. The Hall–Kier alpha value is -2.79. The van der Waals surface area contributed by atoms with Crippen LogP contribution in [0.1, 0.15) is 22.8 Å². The number of hydrogen-bond donors (Lipinski definition) is 2. The van der Waals surface area contributed by atoms with Crippen LogP contribution in [-0.2, 0) is 4.79 Å². The van der Waals surface area contributed by atoms with E-state index in [1.807, 2.05) is 36.4 Å². The Kier molecular flexibility index (Phi) is 3.93. The van der Waals surface area contributed by atoms with Crippen LogP contribution < -0.4 is 10.1 Å². The zero-order valence-electron chi connectivity index (χ0n) is 13.7. The Balaban J connectivity index is 1.80. The van der Waals surface area contributed by atoms with Gasteiger partial charge in [-0.15, -0.1) is 11.3 Å². The van der Waals surface area contributed by atoms with E-state index in [1.165, 1.54) is 7.11 Å². The molecule has 0 unspecified atom stereocenters. The summed E-state index contributed by atoms with van der Waals surface area (Å²) in [5.41, 5.74) is 3.92. The molecule has 4 nitrogen and oxygen atoms in total. The normalized spacial score (nSPS) is 16.2. The molecule has 1 aromatic heterocycles. The molecular weight excluding hydrogens is 334 g/mol. The average Bonchev–Trinajstić information content (AvgIpc) is 3.05. The van der Waals surface area contributed by atoms with Gasteiger partial charge < -0.3 is 15.2 Å². The first-order chi connectivity index (χ1) is 12.2. The summed E-state index contributed by atoms with van der Waals surface area (Å²) >= 11 is 1.64. The maximum absolute atomic E-state index is 12.3.